The number of carbonyl (C=O) groups excluding carboxylic acids is 2. The van der Waals surface area contributed by atoms with Crippen molar-refractivity contribution in [3.8, 4) is 0 Å². The summed E-state index contributed by atoms with van der Waals surface area (Å²) in [5.41, 5.74) is -1.17. The third-order valence-corrected chi connectivity index (χ3v) is 3.58. The highest BCUT2D eigenvalue weighted by Crippen LogP contribution is 2.36. The van der Waals surface area contributed by atoms with Gasteiger partial charge in [-0.05, 0) is 38.2 Å². The summed E-state index contributed by atoms with van der Waals surface area (Å²) in [4.78, 5) is 24.4. The highest BCUT2D eigenvalue weighted by molar-refractivity contribution is 7.98. The third-order valence-electron chi connectivity index (χ3n) is 2.97. The summed E-state index contributed by atoms with van der Waals surface area (Å²) in [5, 5.41) is 0. The van der Waals surface area contributed by atoms with E-state index in [9.17, 15) is 9.59 Å². The van der Waals surface area contributed by atoms with Crippen LogP contribution < -0.4 is 0 Å². The molecule has 0 aromatic rings. The topological polar surface area (TPSA) is 52.6 Å². The van der Waals surface area contributed by atoms with Crippen LogP contribution in [0.2, 0.25) is 0 Å². The first-order valence-corrected chi connectivity index (χ1v) is 7.70. The van der Waals surface area contributed by atoms with Crippen molar-refractivity contribution in [3.05, 3.63) is 0 Å². The fraction of sp³-hybridized carbons (Fsp3) is 0.846. The van der Waals surface area contributed by atoms with Gasteiger partial charge in [-0.2, -0.15) is 11.8 Å². The fourth-order valence-corrected chi connectivity index (χ4v) is 2.36. The van der Waals surface area contributed by atoms with Crippen LogP contribution in [0.15, 0.2) is 0 Å². The van der Waals surface area contributed by atoms with Crippen molar-refractivity contribution >= 4 is 23.7 Å². The van der Waals surface area contributed by atoms with Crippen LogP contribution in [-0.4, -0.2) is 37.2 Å². The fourth-order valence-electron chi connectivity index (χ4n) is 1.83. The standard InChI is InChI=1S/C13H24O4S/c1-6-16-11(14)13(10(3)4,8-9-18-5)12(15)17-7-2/h10H,6-9H2,1-5H3. The number of ether oxygens (including phenoxy) is 2. The van der Waals surface area contributed by atoms with Crippen molar-refractivity contribution in [1.82, 2.24) is 0 Å². The Kier molecular flexibility index (Phi) is 8.07. The maximum atomic E-state index is 12.2. The Morgan fingerprint density at radius 3 is 1.83 bits per heavy atom. The first kappa shape index (κ1) is 17.3. The molecular weight excluding hydrogens is 252 g/mol. The van der Waals surface area contributed by atoms with Crippen LogP contribution in [0.25, 0.3) is 0 Å². The zero-order valence-corrected chi connectivity index (χ0v) is 12.8. The molecule has 106 valence electrons. The van der Waals surface area contributed by atoms with E-state index in [1.54, 1.807) is 25.6 Å². The highest BCUT2D eigenvalue weighted by Gasteiger charge is 2.50. The minimum atomic E-state index is -1.17. The largest absolute Gasteiger partial charge is 0.465 e. The van der Waals surface area contributed by atoms with Crippen LogP contribution in [0, 0.1) is 11.3 Å². The van der Waals surface area contributed by atoms with Gasteiger partial charge in [-0.15, -0.1) is 0 Å². The molecule has 5 heteroatoms. The van der Waals surface area contributed by atoms with Crippen molar-refractivity contribution in [2.45, 2.75) is 34.1 Å². The van der Waals surface area contributed by atoms with Gasteiger partial charge in [-0.25, -0.2) is 0 Å². The second-order valence-electron chi connectivity index (χ2n) is 4.31. The Morgan fingerprint density at radius 1 is 1.11 bits per heavy atom. The van der Waals surface area contributed by atoms with Crippen LogP contribution in [0.5, 0.6) is 0 Å². The van der Waals surface area contributed by atoms with E-state index in [2.05, 4.69) is 0 Å². The quantitative estimate of drug-likeness (QED) is 0.503. The van der Waals surface area contributed by atoms with E-state index in [1.165, 1.54) is 0 Å². The summed E-state index contributed by atoms with van der Waals surface area (Å²) < 4.78 is 10.2. The van der Waals surface area contributed by atoms with Crippen LogP contribution in [0.4, 0.5) is 0 Å². The molecule has 0 aliphatic heterocycles. The average Bonchev–Trinajstić information content (AvgIpc) is 2.30. The predicted octanol–water partition coefficient (Wildman–Crippen LogP) is 2.51. The maximum Gasteiger partial charge on any atom is 0.323 e. The molecule has 0 aromatic carbocycles. The SMILES string of the molecule is CCOC(=O)C(CCSC)(C(=O)OCC)C(C)C. The van der Waals surface area contributed by atoms with Gasteiger partial charge in [0.1, 0.15) is 0 Å². The average molecular weight is 276 g/mol. The van der Waals surface area contributed by atoms with Crippen LogP contribution in [0.1, 0.15) is 34.1 Å². The monoisotopic (exact) mass is 276 g/mol. The zero-order valence-electron chi connectivity index (χ0n) is 11.9. The molecule has 0 saturated heterocycles. The Hall–Kier alpha value is -0.710. The van der Waals surface area contributed by atoms with Gasteiger partial charge in [-0.3, -0.25) is 9.59 Å². The molecule has 0 unspecified atom stereocenters. The Morgan fingerprint density at radius 2 is 1.56 bits per heavy atom. The van der Waals surface area contributed by atoms with Gasteiger partial charge in [-0.1, -0.05) is 13.8 Å². The zero-order chi connectivity index (χ0) is 14.2. The third kappa shape index (κ3) is 3.90. The van der Waals surface area contributed by atoms with Crippen LogP contribution in [0.3, 0.4) is 0 Å². The first-order chi connectivity index (χ1) is 8.47. The molecule has 0 aliphatic carbocycles. The van der Waals surface area contributed by atoms with E-state index in [-0.39, 0.29) is 19.1 Å². The van der Waals surface area contributed by atoms with Crippen molar-refractivity contribution < 1.29 is 19.1 Å². The summed E-state index contributed by atoms with van der Waals surface area (Å²) in [7, 11) is 0. The molecule has 0 aliphatic rings. The number of esters is 2. The second-order valence-corrected chi connectivity index (χ2v) is 5.30. The van der Waals surface area contributed by atoms with Crippen molar-refractivity contribution in [2.24, 2.45) is 11.3 Å². The second kappa shape index (κ2) is 8.40. The van der Waals surface area contributed by atoms with E-state index in [1.807, 2.05) is 20.1 Å². The molecule has 18 heavy (non-hydrogen) atoms. The lowest BCUT2D eigenvalue weighted by atomic mass is 9.75. The van der Waals surface area contributed by atoms with Gasteiger partial charge in [0.05, 0.1) is 13.2 Å². The summed E-state index contributed by atoms with van der Waals surface area (Å²) >= 11 is 1.60. The molecule has 0 heterocycles. The lowest BCUT2D eigenvalue weighted by Crippen LogP contribution is -2.46. The van der Waals surface area contributed by atoms with Crippen molar-refractivity contribution in [1.29, 1.82) is 0 Å². The first-order valence-electron chi connectivity index (χ1n) is 6.30. The summed E-state index contributed by atoms with van der Waals surface area (Å²) in [6.07, 6.45) is 2.39. The Balaban J connectivity index is 5.27. The van der Waals surface area contributed by atoms with Crippen molar-refractivity contribution in [3.63, 3.8) is 0 Å². The van der Waals surface area contributed by atoms with Gasteiger partial charge >= 0.3 is 11.9 Å². The van der Waals surface area contributed by atoms with Gasteiger partial charge in [0.25, 0.3) is 0 Å². The minimum Gasteiger partial charge on any atom is -0.465 e. The lowest BCUT2D eigenvalue weighted by Gasteiger charge is -2.32. The molecule has 0 rings (SSSR count). The van der Waals surface area contributed by atoms with E-state index >= 15 is 0 Å². The van der Waals surface area contributed by atoms with E-state index in [4.69, 9.17) is 9.47 Å². The Bertz CT molecular complexity index is 258. The molecule has 0 atom stereocenters. The van der Waals surface area contributed by atoms with Crippen molar-refractivity contribution in [2.75, 3.05) is 25.2 Å². The number of thioether (sulfide) groups is 1. The maximum absolute atomic E-state index is 12.2. The van der Waals surface area contributed by atoms with Gasteiger partial charge in [0, 0.05) is 0 Å². The molecule has 0 saturated carbocycles. The number of hydrogen-bond acceptors (Lipinski definition) is 5. The molecule has 0 aromatic heterocycles. The van der Waals surface area contributed by atoms with E-state index < -0.39 is 17.4 Å². The summed E-state index contributed by atoms with van der Waals surface area (Å²) in [6.45, 7) is 7.73. The molecule has 0 N–H and O–H groups in total. The Labute approximate surface area is 114 Å². The van der Waals surface area contributed by atoms with Gasteiger partial charge in [0.15, 0.2) is 5.41 Å². The minimum absolute atomic E-state index is 0.150. The normalized spacial score (nSPS) is 11.4. The van der Waals surface area contributed by atoms with E-state index in [0.29, 0.717) is 6.42 Å². The van der Waals surface area contributed by atoms with Crippen LogP contribution >= 0.6 is 11.8 Å². The summed E-state index contributed by atoms with van der Waals surface area (Å²) in [5.74, 6) is -0.363. The molecule has 0 amide bonds. The predicted molar refractivity (Wildman–Crippen MR) is 73.5 cm³/mol. The molecular formula is C13H24O4S. The number of carbonyl (C=O) groups is 2. The van der Waals surface area contributed by atoms with Gasteiger partial charge in [0.2, 0.25) is 0 Å². The summed E-state index contributed by atoms with van der Waals surface area (Å²) in [6, 6.07) is 0. The number of hydrogen-bond donors (Lipinski definition) is 0. The van der Waals surface area contributed by atoms with Gasteiger partial charge < -0.3 is 9.47 Å². The highest BCUT2D eigenvalue weighted by atomic mass is 32.2. The molecule has 0 spiro atoms. The van der Waals surface area contributed by atoms with Crippen LogP contribution in [-0.2, 0) is 19.1 Å². The van der Waals surface area contributed by atoms with E-state index in [0.717, 1.165) is 5.75 Å². The number of rotatable bonds is 8. The molecule has 0 radical (unpaired) electrons. The molecule has 4 nitrogen and oxygen atoms in total. The smallest absolute Gasteiger partial charge is 0.323 e. The molecule has 0 bridgehead atoms. The molecule has 0 fully saturated rings. The lowest BCUT2D eigenvalue weighted by molar-refractivity contribution is -0.176.